The number of alkyl halides is 3. The van der Waals surface area contributed by atoms with Crippen LogP contribution in [0.3, 0.4) is 0 Å². The topological polar surface area (TPSA) is 59.0 Å². The molecule has 1 fully saturated rings. The molecule has 4 rings (SSSR count). The van der Waals surface area contributed by atoms with Gasteiger partial charge in [-0.1, -0.05) is 30.3 Å². The molecule has 10 heteroatoms. The van der Waals surface area contributed by atoms with Crippen molar-refractivity contribution < 1.29 is 36.9 Å². The van der Waals surface area contributed by atoms with Gasteiger partial charge in [0.2, 0.25) is 0 Å². The van der Waals surface area contributed by atoms with E-state index in [-0.39, 0.29) is 30.9 Å². The molecule has 1 heterocycles. The van der Waals surface area contributed by atoms with Crippen LogP contribution in [0.1, 0.15) is 82.9 Å². The minimum absolute atomic E-state index is 0. The van der Waals surface area contributed by atoms with E-state index in [9.17, 15) is 23.1 Å². The van der Waals surface area contributed by atoms with Crippen molar-refractivity contribution in [3.8, 4) is 5.75 Å². The van der Waals surface area contributed by atoms with Crippen LogP contribution in [-0.2, 0) is 21.5 Å². The van der Waals surface area contributed by atoms with E-state index in [4.69, 9.17) is 9.47 Å². The van der Waals surface area contributed by atoms with E-state index in [0.717, 1.165) is 23.3 Å². The van der Waals surface area contributed by atoms with E-state index in [1.807, 2.05) is 38.1 Å². The van der Waals surface area contributed by atoms with Crippen LogP contribution in [0.2, 0.25) is 0 Å². The predicted molar refractivity (Wildman–Crippen MR) is 170 cm³/mol. The molecule has 0 aromatic heterocycles. The van der Waals surface area contributed by atoms with Gasteiger partial charge in [0.15, 0.2) is 0 Å². The third-order valence-electron chi connectivity index (χ3n) is 9.38. The number of ether oxygens (including phenoxy) is 2. The molecule has 5 nitrogen and oxygen atoms in total. The highest BCUT2D eigenvalue weighted by Gasteiger charge is 2.48. The van der Waals surface area contributed by atoms with Gasteiger partial charge in [-0.05, 0) is 108 Å². The maximum Gasteiger partial charge on any atom is 0.395 e. The minimum Gasteiger partial charge on any atom is -0.497 e. The third kappa shape index (κ3) is 9.01. The van der Waals surface area contributed by atoms with Gasteiger partial charge < -0.3 is 14.6 Å². The summed E-state index contributed by atoms with van der Waals surface area (Å²) in [5.41, 5.74) is 0.200. The lowest BCUT2D eigenvalue weighted by Gasteiger charge is -2.46. The van der Waals surface area contributed by atoms with Crippen molar-refractivity contribution in [2.45, 2.75) is 90.0 Å². The van der Waals surface area contributed by atoms with Crippen LogP contribution in [0.15, 0.2) is 48.5 Å². The average Bonchev–Trinajstić information content (AvgIpc) is 2.95. The van der Waals surface area contributed by atoms with Crippen LogP contribution in [-0.4, -0.2) is 54.6 Å². The molecule has 0 spiro atoms. The molecule has 0 amide bonds. The second kappa shape index (κ2) is 14.4. The third-order valence-corrected chi connectivity index (χ3v) is 9.38. The molecular weight excluding hydrogens is 610 g/mol. The van der Waals surface area contributed by atoms with Crippen molar-refractivity contribution in [2.24, 2.45) is 11.3 Å². The fourth-order valence-corrected chi connectivity index (χ4v) is 6.74. The standard InChI is InChI=1S/C35H45F4NO4.ClH/c1-32(2,35(37,38)39)23-40(21-24-6-15-29(30(36)20-24)25-7-9-26(10-8-25)31(41)42)18-16-34(17-19-44-33(3,4)22-34)27-11-13-28(43-5)14-12-27;/h6-7,11-15,20,26H,8-10,16-19,21-23H2,1-5H3,(H,41,42);1H/t26-,34+;/m0./s1. The molecule has 1 aliphatic carbocycles. The zero-order chi connectivity index (χ0) is 32.3. The van der Waals surface area contributed by atoms with Gasteiger partial charge in [-0.3, -0.25) is 9.69 Å². The van der Waals surface area contributed by atoms with E-state index in [1.165, 1.54) is 19.9 Å². The molecule has 0 bridgehead atoms. The first-order chi connectivity index (χ1) is 20.5. The molecule has 1 N–H and O–H groups in total. The van der Waals surface area contributed by atoms with Crippen LogP contribution in [0.25, 0.3) is 5.57 Å². The Kier molecular flexibility index (Phi) is 11.8. The van der Waals surface area contributed by atoms with Crippen molar-refractivity contribution in [1.29, 1.82) is 0 Å². The van der Waals surface area contributed by atoms with E-state index < -0.39 is 34.9 Å². The number of benzene rings is 2. The first-order valence-corrected chi connectivity index (χ1v) is 15.3. The van der Waals surface area contributed by atoms with Crippen LogP contribution < -0.4 is 4.74 Å². The fourth-order valence-electron chi connectivity index (χ4n) is 6.74. The predicted octanol–water partition coefficient (Wildman–Crippen LogP) is 8.83. The molecular formula is C35H46ClF4NO4. The number of nitrogens with zero attached hydrogens (tertiary/aromatic N) is 1. The summed E-state index contributed by atoms with van der Waals surface area (Å²) < 4.78 is 69.0. The first kappa shape index (κ1) is 36.8. The molecule has 2 aliphatic rings. The maximum atomic E-state index is 15.4. The van der Waals surface area contributed by atoms with Gasteiger partial charge in [-0.15, -0.1) is 12.4 Å². The molecule has 0 unspecified atom stereocenters. The Labute approximate surface area is 270 Å². The molecule has 0 radical (unpaired) electrons. The molecule has 1 aliphatic heterocycles. The largest absolute Gasteiger partial charge is 0.497 e. The van der Waals surface area contributed by atoms with E-state index >= 15 is 4.39 Å². The Bertz CT molecular complexity index is 1340. The monoisotopic (exact) mass is 655 g/mol. The maximum absolute atomic E-state index is 15.4. The lowest BCUT2D eigenvalue weighted by Crippen LogP contribution is -2.47. The zero-order valence-corrected chi connectivity index (χ0v) is 27.6. The van der Waals surface area contributed by atoms with E-state index in [2.05, 4.69) is 0 Å². The fraction of sp³-hybridized carbons (Fsp3) is 0.571. The quantitative estimate of drug-likeness (QED) is 0.245. The van der Waals surface area contributed by atoms with Gasteiger partial charge in [0.25, 0.3) is 0 Å². The number of carbonyl (C=O) groups is 1. The summed E-state index contributed by atoms with van der Waals surface area (Å²) in [5, 5.41) is 9.27. The number of hydrogen-bond donors (Lipinski definition) is 1. The van der Waals surface area contributed by atoms with Crippen molar-refractivity contribution in [1.82, 2.24) is 4.90 Å². The first-order valence-electron chi connectivity index (χ1n) is 15.3. The number of carboxylic acid groups (broad SMARTS) is 1. The summed E-state index contributed by atoms with van der Waals surface area (Å²) in [6.45, 7) is 7.36. The Morgan fingerprint density at radius 2 is 1.82 bits per heavy atom. The number of halogens is 5. The van der Waals surface area contributed by atoms with Crippen molar-refractivity contribution in [3.05, 3.63) is 71.0 Å². The molecule has 0 saturated carbocycles. The van der Waals surface area contributed by atoms with Crippen molar-refractivity contribution >= 4 is 23.9 Å². The normalized spacial score (nSPS) is 22.0. The lowest BCUT2D eigenvalue weighted by atomic mass is 9.67. The van der Waals surface area contributed by atoms with Crippen LogP contribution in [0, 0.1) is 17.2 Å². The summed E-state index contributed by atoms with van der Waals surface area (Å²) in [4.78, 5) is 13.1. The van der Waals surface area contributed by atoms with Gasteiger partial charge in [-0.2, -0.15) is 13.2 Å². The van der Waals surface area contributed by atoms with Gasteiger partial charge >= 0.3 is 12.1 Å². The number of rotatable bonds is 11. The Hall–Kier alpha value is -2.62. The lowest BCUT2D eigenvalue weighted by molar-refractivity contribution is -0.217. The van der Waals surface area contributed by atoms with E-state index in [1.54, 1.807) is 30.2 Å². The SMILES string of the molecule is COc1ccc([C@]2(CCN(Cc3ccc(C4=CC[C@H](C(=O)O)CC4)c(F)c3)CC(C)(C)C(F)(F)F)CCOC(C)(C)C2)cc1.Cl. The molecule has 45 heavy (non-hydrogen) atoms. The number of allylic oxidation sites excluding steroid dienone is 2. The summed E-state index contributed by atoms with van der Waals surface area (Å²) in [7, 11) is 1.61. The highest BCUT2D eigenvalue weighted by atomic mass is 35.5. The molecule has 250 valence electrons. The second-order valence-corrected chi connectivity index (χ2v) is 13.7. The minimum atomic E-state index is -4.41. The number of hydrogen-bond acceptors (Lipinski definition) is 4. The Morgan fingerprint density at radius 3 is 2.36 bits per heavy atom. The average molecular weight is 656 g/mol. The van der Waals surface area contributed by atoms with Crippen LogP contribution in [0.5, 0.6) is 5.75 Å². The zero-order valence-electron chi connectivity index (χ0n) is 26.8. The van der Waals surface area contributed by atoms with Gasteiger partial charge in [0.05, 0.1) is 24.0 Å². The molecule has 2 aromatic carbocycles. The summed E-state index contributed by atoms with van der Waals surface area (Å²) in [6.07, 6.45) is 0.697. The van der Waals surface area contributed by atoms with Gasteiger partial charge in [-0.25, -0.2) is 4.39 Å². The molecule has 1 saturated heterocycles. The van der Waals surface area contributed by atoms with Crippen molar-refractivity contribution in [3.63, 3.8) is 0 Å². The number of aliphatic carboxylic acids is 1. The molecule has 2 aromatic rings. The second-order valence-electron chi connectivity index (χ2n) is 13.7. The van der Waals surface area contributed by atoms with Crippen molar-refractivity contribution in [2.75, 3.05) is 26.8 Å². The summed E-state index contributed by atoms with van der Waals surface area (Å²) in [5.74, 6) is -1.02. The Morgan fingerprint density at radius 1 is 1.13 bits per heavy atom. The summed E-state index contributed by atoms with van der Waals surface area (Å²) in [6, 6.07) is 12.8. The Balaban J connectivity index is 0.00000552. The molecule has 2 atom stereocenters. The van der Waals surface area contributed by atoms with Crippen LogP contribution >= 0.6 is 12.4 Å². The van der Waals surface area contributed by atoms with E-state index in [0.29, 0.717) is 56.4 Å². The van der Waals surface area contributed by atoms with Crippen LogP contribution in [0.4, 0.5) is 17.6 Å². The smallest absolute Gasteiger partial charge is 0.395 e. The number of carboxylic acids is 1. The highest BCUT2D eigenvalue weighted by molar-refractivity contribution is 5.85. The number of methoxy groups -OCH3 is 1. The summed E-state index contributed by atoms with van der Waals surface area (Å²) >= 11 is 0. The van der Waals surface area contributed by atoms with Gasteiger partial charge in [0.1, 0.15) is 11.6 Å². The highest BCUT2D eigenvalue weighted by Crippen LogP contribution is 2.45. The van der Waals surface area contributed by atoms with Gasteiger partial charge in [0, 0.05) is 30.7 Å².